The first-order valence-electron chi connectivity index (χ1n) is 3.76. The van der Waals surface area contributed by atoms with Gasteiger partial charge in [0.15, 0.2) is 5.72 Å². The molecule has 0 amide bonds. The van der Waals surface area contributed by atoms with Gasteiger partial charge in [0.05, 0.1) is 0 Å². The Morgan fingerprint density at radius 2 is 1.78 bits per heavy atom. The van der Waals surface area contributed by atoms with Crippen LogP contribution in [0.5, 0.6) is 0 Å². The molecule has 1 saturated heterocycles. The van der Waals surface area contributed by atoms with Gasteiger partial charge < -0.3 is 0 Å². The van der Waals surface area contributed by atoms with Crippen LogP contribution in [0, 0.1) is 0 Å². The molecule has 2 rings (SSSR count). The summed E-state index contributed by atoms with van der Waals surface area (Å²) < 4.78 is 0. The van der Waals surface area contributed by atoms with Crippen LogP contribution in [-0.4, -0.2) is 17.8 Å². The van der Waals surface area contributed by atoms with Crippen LogP contribution >= 0.6 is 0 Å². The van der Waals surface area contributed by atoms with Gasteiger partial charge in [0.2, 0.25) is 0 Å². The fourth-order valence-corrected chi connectivity index (χ4v) is 1.74. The van der Waals surface area contributed by atoms with Crippen molar-refractivity contribution in [3.05, 3.63) is 0 Å². The summed E-state index contributed by atoms with van der Waals surface area (Å²) in [6.07, 6.45) is 6.61. The smallest absolute Gasteiger partial charge is 0.164 e. The van der Waals surface area contributed by atoms with Gasteiger partial charge in [-0.2, -0.15) is 5.06 Å². The van der Waals surface area contributed by atoms with E-state index in [0.29, 0.717) is 0 Å². The van der Waals surface area contributed by atoms with E-state index in [-0.39, 0.29) is 5.72 Å². The first-order chi connectivity index (χ1) is 4.33. The summed E-state index contributed by atoms with van der Waals surface area (Å²) in [6.45, 7) is 0. The summed E-state index contributed by atoms with van der Waals surface area (Å²) >= 11 is 0. The predicted molar refractivity (Wildman–Crippen MR) is 34.7 cm³/mol. The molecule has 2 heteroatoms. The summed E-state index contributed by atoms with van der Waals surface area (Å²) in [6, 6.07) is 0. The van der Waals surface area contributed by atoms with Crippen LogP contribution < -0.4 is 0 Å². The molecule has 1 aliphatic carbocycles. The van der Waals surface area contributed by atoms with Crippen molar-refractivity contribution in [1.82, 2.24) is 5.06 Å². The van der Waals surface area contributed by atoms with E-state index in [0.717, 1.165) is 0 Å². The SMILES string of the molecule is CN1OC12CCCCC2. The third kappa shape index (κ3) is 0.775. The Morgan fingerprint density at radius 3 is 2.11 bits per heavy atom. The van der Waals surface area contributed by atoms with Crippen molar-refractivity contribution in [2.45, 2.75) is 37.8 Å². The molecular weight excluding hydrogens is 114 g/mol. The molecule has 0 aromatic carbocycles. The Balaban J connectivity index is 1.97. The zero-order valence-corrected chi connectivity index (χ0v) is 5.89. The van der Waals surface area contributed by atoms with Crippen LogP contribution in [0.1, 0.15) is 32.1 Å². The van der Waals surface area contributed by atoms with Gasteiger partial charge >= 0.3 is 0 Å². The van der Waals surface area contributed by atoms with Gasteiger partial charge in [0, 0.05) is 7.05 Å². The predicted octanol–water partition coefficient (Wildman–Crippen LogP) is 1.52. The Bertz CT molecular complexity index is 118. The molecule has 2 aliphatic rings. The number of hydrogen-bond donors (Lipinski definition) is 0. The molecule has 1 heterocycles. The Morgan fingerprint density at radius 1 is 1.22 bits per heavy atom. The maximum Gasteiger partial charge on any atom is 0.164 e. The standard InChI is InChI=1S/C7H13NO/c1-8-7(9-8)5-3-2-4-6-7/h2-6H2,1H3. The highest BCUT2D eigenvalue weighted by molar-refractivity contribution is 4.87. The molecule has 1 unspecified atom stereocenters. The molecular formula is C7H13NO. The number of hydroxylamine groups is 2. The monoisotopic (exact) mass is 127 g/mol. The van der Waals surface area contributed by atoms with Crippen molar-refractivity contribution >= 4 is 0 Å². The second-order valence-corrected chi connectivity index (χ2v) is 3.10. The lowest BCUT2D eigenvalue weighted by atomic mass is 9.94. The van der Waals surface area contributed by atoms with E-state index in [4.69, 9.17) is 4.84 Å². The van der Waals surface area contributed by atoms with Gasteiger partial charge in [-0.15, -0.1) is 0 Å². The quantitative estimate of drug-likeness (QED) is 0.458. The molecule has 1 saturated carbocycles. The van der Waals surface area contributed by atoms with Crippen LogP contribution in [0.15, 0.2) is 0 Å². The highest BCUT2D eigenvalue weighted by atomic mass is 16.9. The topological polar surface area (TPSA) is 15.5 Å². The summed E-state index contributed by atoms with van der Waals surface area (Å²) in [5, 5.41) is 2.01. The number of hydrogen-bond acceptors (Lipinski definition) is 2. The van der Waals surface area contributed by atoms with Crippen LogP contribution in [0.25, 0.3) is 0 Å². The van der Waals surface area contributed by atoms with Gasteiger partial charge in [-0.1, -0.05) is 6.42 Å². The highest BCUT2D eigenvalue weighted by Gasteiger charge is 2.52. The molecule has 1 spiro atoms. The van der Waals surface area contributed by atoms with Crippen molar-refractivity contribution in [3.8, 4) is 0 Å². The fraction of sp³-hybridized carbons (Fsp3) is 1.00. The van der Waals surface area contributed by atoms with Gasteiger partial charge in [-0.25, -0.2) is 0 Å². The fourth-order valence-electron chi connectivity index (χ4n) is 1.74. The molecule has 0 bridgehead atoms. The number of rotatable bonds is 0. The average molecular weight is 127 g/mol. The average Bonchev–Trinajstić information content (AvgIpc) is 2.44. The minimum Gasteiger partial charge on any atom is -0.272 e. The highest BCUT2D eigenvalue weighted by Crippen LogP contribution is 2.44. The van der Waals surface area contributed by atoms with Crippen molar-refractivity contribution in [2.24, 2.45) is 0 Å². The van der Waals surface area contributed by atoms with Crippen molar-refractivity contribution < 1.29 is 4.84 Å². The maximum absolute atomic E-state index is 5.38. The van der Waals surface area contributed by atoms with E-state index in [1.165, 1.54) is 32.1 Å². The van der Waals surface area contributed by atoms with Gasteiger partial charge in [0.1, 0.15) is 0 Å². The molecule has 1 atom stereocenters. The third-order valence-electron chi connectivity index (χ3n) is 2.48. The maximum atomic E-state index is 5.38. The van der Waals surface area contributed by atoms with E-state index >= 15 is 0 Å². The first kappa shape index (κ1) is 5.69. The minimum atomic E-state index is 0.220. The zero-order chi connectivity index (χ0) is 6.32. The summed E-state index contributed by atoms with van der Waals surface area (Å²) in [5.41, 5.74) is 0.220. The molecule has 52 valence electrons. The normalized spacial score (nSPS) is 39.0. The summed E-state index contributed by atoms with van der Waals surface area (Å²) in [7, 11) is 2.03. The van der Waals surface area contributed by atoms with Gasteiger partial charge in [0.25, 0.3) is 0 Å². The van der Waals surface area contributed by atoms with E-state index in [1.54, 1.807) is 0 Å². The lowest BCUT2D eigenvalue weighted by Crippen LogP contribution is -2.19. The van der Waals surface area contributed by atoms with Crippen molar-refractivity contribution in [3.63, 3.8) is 0 Å². The van der Waals surface area contributed by atoms with Crippen LogP contribution in [0.2, 0.25) is 0 Å². The molecule has 0 aromatic rings. The van der Waals surface area contributed by atoms with E-state index in [1.807, 2.05) is 12.1 Å². The molecule has 2 fully saturated rings. The van der Waals surface area contributed by atoms with Crippen LogP contribution in [-0.2, 0) is 4.84 Å². The molecule has 9 heavy (non-hydrogen) atoms. The Kier molecular flexibility index (Phi) is 1.08. The molecule has 0 aromatic heterocycles. The van der Waals surface area contributed by atoms with Crippen LogP contribution in [0.4, 0.5) is 0 Å². The van der Waals surface area contributed by atoms with E-state index in [9.17, 15) is 0 Å². The Hall–Kier alpha value is -0.0800. The Labute approximate surface area is 55.7 Å². The number of nitrogens with zero attached hydrogens (tertiary/aromatic N) is 1. The summed E-state index contributed by atoms with van der Waals surface area (Å²) in [4.78, 5) is 5.38. The van der Waals surface area contributed by atoms with Gasteiger partial charge in [-0.05, 0) is 25.7 Å². The van der Waals surface area contributed by atoms with Crippen molar-refractivity contribution in [1.29, 1.82) is 0 Å². The lowest BCUT2D eigenvalue weighted by molar-refractivity contribution is 0.202. The lowest BCUT2D eigenvalue weighted by Gasteiger charge is -2.15. The summed E-state index contributed by atoms with van der Waals surface area (Å²) in [5.74, 6) is 0. The largest absolute Gasteiger partial charge is 0.272 e. The van der Waals surface area contributed by atoms with E-state index < -0.39 is 0 Å². The molecule has 2 nitrogen and oxygen atoms in total. The molecule has 0 radical (unpaired) electrons. The molecule has 1 aliphatic heterocycles. The second kappa shape index (κ2) is 1.70. The van der Waals surface area contributed by atoms with E-state index in [2.05, 4.69) is 0 Å². The van der Waals surface area contributed by atoms with Gasteiger partial charge in [-0.3, -0.25) is 4.84 Å². The van der Waals surface area contributed by atoms with Crippen LogP contribution in [0.3, 0.4) is 0 Å². The molecule has 0 N–H and O–H groups in total. The van der Waals surface area contributed by atoms with Crippen molar-refractivity contribution in [2.75, 3.05) is 7.05 Å². The first-order valence-corrected chi connectivity index (χ1v) is 3.76. The zero-order valence-electron chi connectivity index (χ0n) is 5.89. The third-order valence-corrected chi connectivity index (χ3v) is 2.48. The minimum absolute atomic E-state index is 0.220. The second-order valence-electron chi connectivity index (χ2n) is 3.10.